The third kappa shape index (κ3) is 4.60. The lowest BCUT2D eigenvalue weighted by atomic mass is 9.73. The summed E-state index contributed by atoms with van der Waals surface area (Å²) in [6.45, 7) is 6.74. The summed E-state index contributed by atoms with van der Waals surface area (Å²) in [5.41, 5.74) is 2.99. The van der Waals surface area contributed by atoms with Crippen molar-refractivity contribution in [2.24, 2.45) is 23.6 Å². The normalized spacial score (nSPS) is 28.9. The third-order valence-electron chi connectivity index (χ3n) is 4.54. The van der Waals surface area contributed by atoms with Crippen LogP contribution in [-0.4, -0.2) is 12.1 Å². The van der Waals surface area contributed by atoms with Crippen molar-refractivity contribution >= 4 is 11.6 Å². The number of hydrogen-bond acceptors (Lipinski definition) is 3. The molecule has 0 spiro atoms. The van der Waals surface area contributed by atoms with Crippen LogP contribution >= 0.6 is 11.6 Å². The van der Waals surface area contributed by atoms with Crippen molar-refractivity contribution in [3.05, 3.63) is 29.3 Å². The summed E-state index contributed by atoms with van der Waals surface area (Å²) in [5.74, 6) is 8.69. The molecular weight excluding hydrogens is 284 g/mol. The highest BCUT2D eigenvalue weighted by atomic mass is 35.5. The first-order chi connectivity index (χ1) is 9.99. The quantitative estimate of drug-likeness (QED) is 0.638. The van der Waals surface area contributed by atoms with Gasteiger partial charge in [-0.2, -0.15) is 0 Å². The average Bonchev–Trinajstić information content (AvgIpc) is 2.38. The molecule has 0 bridgehead atoms. The van der Waals surface area contributed by atoms with Crippen LogP contribution < -0.4 is 16.0 Å². The smallest absolute Gasteiger partial charge is 0.121 e. The van der Waals surface area contributed by atoms with Crippen LogP contribution in [0.25, 0.3) is 0 Å². The molecule has 3 N–H and O–H groups in total. The van der Waals surface area contributed by atoms with Crippen molar-refractivity contribution in [3.63, 3.8) is 0 Å². The van der Waals surface area contributed by atoms with Crippen LogP contribution in [0.15, 0.2) is 24.3 Å². The number of hydrogen-bond donors (Lipinski definition) is 2. The fourth-order valence-corrected chi connectivity index (χ4v) is 3.97. The molecule has 1 aromatic rings. The molecule has 0 amide bonds. The Bertz CT molecular complexity index is 444. The Labute approximate surface area is 133 Å². The Balaban J connectivity index is 2.02. The summed E-state index contributed by atoms with van der Waals surface area (Å²) >= 11 is 6.01. The molecule has 4 unspecified atom stereocenters. The van der Waals surface area contributed by atoms with Crippen LogP contribution in [0.2, 0.25) is 5.02 Å². The van der Waals surface area contributed by atoms with Crippen molar-refractivity contribution in [1.29, 1.82) is 0 Å². The summed E-state index contributed by atoms with van der Waals surface area (Å²) in [6.07, 6.45) is 3.75. The minimum Gasteiger partial charge on any atom is -0.489 e. The van der Waals surface area contributed by atoms with E-state index in [0.29, 0.717) is 10.9 Å². The van der Waals surface area contributed by atoms with E-state index in [2.05, 4.69) is 26.2 Å². The van der Waals surface area contributed by atoms with Gasteiger partial charge in [0.25, 0.3) is 0 Å². The van der Waals surface area contributed by atoms with Gasteiger partial charge in [-0.3, -0.25) is 11.3 Å². The van der Waals surface area contributed by atoms with Gasteiger partial charge in [0, 0.05) is 5.02 Å². The molecule has 21 heavy (non-hydrogen) atoms. The lowest BCUT2D eigenvalue weighted by Gasteiger charge is -2.38. The van der Waals surface area contributed by atoms with Gasteiger partial charge in [-0.05, 0) is 62.1 Å². The highest BCUT2D eigenvalue weighted by Crippen LogP contribution is 2.36. The van der Waals surface area contributed by atoms with Crippen molar-refractivity contribution in [3.8, 4) is 5.75 Å². The largest absolute Gasteiger partial charge is 0.489 e. The summed E-state index contributed by atoms with van der Waals surface area (Å²) in [6, 6.07) is 7.69. The first-order valence-electron chi connectivity index (χ1n) is 7.88. The minimum atomic E-state index is 0.0102. The van der Waals surface area contributed by atoms with E-state index >= 15 is 0 Å². The molecule has 0 saturated heterocycles. The monoisotopic (exact) mass is 310 g/mol. The molecular formula is C17H27ClN2O. The van der Waals surface area contributed by atoms with Crippen molar-refractivity contribution in [1.82, 2.24) is 5.43 Å². The van der Waals surface area contributed by atoms with E-state index in [1.807, 2.05) is 24.3 Å². The number of nitrogens with two attached hydrogens (primary N) is 1. The van der Waals surface area contributed by atoms with Gasteiger partial charge < -0.3 is 4.74 Å². The second-order valence-corrected chi connectivity index (χ2v) is 7.09. The van der Waals surface area contributed by atoms with Gasteiger partial charge in [-0.15, -0.1) is 0 Å². The van der Waals surface area contributed by atoms with Crippen molar-refractivity contribution in [2.45, 2.75) is 52.2 Å². The Kier molecular flexibility index (Phi) is 5.91. The van der Waals surface area contributed by atoms with Gasteiger partial charge in [0.15, 0.2) is 0 Å². The Hall–Kier alpha value is -0.770. The zero-order valence-electron chi connectivity index (χ0n) is 13.2. The van der Waals surface area contributed by atoms with E-state index in [-0.39, 0.29) is 12.1 Å². The average molecular weight is 311 g/mol. The fraction of sp³-hybridized carbons (Fsp3) is 0.647. The summed E-state index contributed by atoms with van der Waals surface area (Å²) in [5, 5.41) is 0.692. The molecule has 1 fully saturated rings. The lowest BCUT2D eigenvalue weighted by molar-refractivity contribution is 0.0912. The van der Waals surface area contributed by atoms with Crippen LogP contribution in [0.4, 0.5) is 0 Å². The SMILES string of the molecule is CC1CC(C)CC(C(NN)C(C)Oc2cccc(Cl)c2)C1. The topological polar surface area (TPSA) is 47.3 Å². The molecule has 4 heteroatoms. The van der Waals surface area contributed by atoms with Crippen LogP contribution in [-0.2, 0) is 0 Å². The molecule has 2 rings (SSSR count). The second kappa shape index (κ2) is 7.48. The van der Waals surface area contributed by atoms with Gasteiger partial charge in [-0.25, -0.2) is 0 Å². The predicted octanol–water partition coefficient (Wildman–Crippen LogP) is 4.01. The molecule has 1 aliphatic rings. The number of halogens is 1. The van der Waals surface area contributed by atoms with Gasteiger partial charge in [0.1, 0.15) is 11.9 Å². The van der Waals surface area contributed by atoms with Gasteiger partial charge >= 0.3 is 0 Å². The number of benzene rings is 1. The van der Waals surface area contributed by atoms with Gasteiger partial charge in [0.05, 0.1) is 6.04 Å². The standard InChI is InChI=1S/C17H27ClN2O/c1-11-7-12(2)9-14(8-11)17(20-19)13(3)21-16-6-4-5-15(18)10-16/h4-6,10-14,17,20H,7-9,19H2,1-3H3. The van der Waals surface area contributed by atoms with Crippen LogP contribution in [0.3, 0.4) is 0 Å². The highest BCUT2D eigenvalue weighted by Gasteiger charge is 2.33. The molecule has 3 nitrogen and oxygen atoms in total. The Morgan fingerprint density at radius 2 is 1.90 bits per heavy atom. The number of nitrogens with one attached hydrogen (secondary N) is 1. The zero-order valence-corrected chi connectivity index (χ0v) is 13.9. The number of ether oxygens (including phenoxy) is 1. The molecule has 4 atom stereocenters. The second-order valence-electron chi connectivity index (χ2n) is 6.65. The van der Waals surface area contributed by atoms with E-state index < -0.39 is 0 Å². The van der Waals surface area contributed by atoms with Gasteiger partial charge in [-0.1, -0.05) is 31.5 Å². The zero-order chi connectivity index (χ0) is 15.4. The van der Waals surface area contributed by atoms with Crippen molar-refractivity contribution < 1.29 is 4.74 Å². The Morgan fingerprint density at radius 3 is 2.48 bits per heavy atom. The maximum Gasteiger partial charge on any atom is 0.121 e. The molecule has 1 aliphatic carbocycles. The first kappa shape index (κ1) is 16.6. The van der Waals surface area contributed by atoms with E-state index in [1.165, 1.54) is 19.3 Å². The summed E-state index contributed by atoms with van der Waals surface area (Å²) in [4.78, 5) is 0. The predicted molar refractivity (Wildman–Crippen MR) is 88.3 cm³/mol. The summed E-state index contributed by atoms with van der Waals surface area (Å²) < 4.78 is 6.04. The van der Waals surface area contributed by atoms with Gasteiger partial charge in [0.2, 0.25) is 0 Å². The number of hydrazine groups is 1. The maximum absolute atomic E-state index is 6.04. The van der Waals surface area contributed by atoms with Crippen LogP contribution in [0.5, 0.6) is 5.75 Å². The highest BCUT2D eigenvalue weighted by molar-refractivity contribution is 6.30. The molecule has 118 valence electrons. The van der Waals surface area contributed by atoms with Crippen LogP contribution in [0.1, 0.15) is 40.0 Å². The molecule has 0 radical (unpaired) electrons. The minimum absolute atomic E-state index is 0.0102. The maximum atomic E-state index is 6.04. The fourth-order valence-electron chi connectivity index (χ4n) is 3.79. The molecule has 1 saturated carbocycles. The molecule has 0 heterocycles. The summed E-state index contributed by atoms with van der Waals surface area (Å²) in [7, 11) is 0. The molecule has 0 aromatic heterocycles. The van der Waals surface area contributed by atoms with E-state index in [1.54, 1.807) is 0 Å². The lowest BCUT2D eigenvalue weighted by Crippen LogP contribution is -2.51. The number of rotatable bonds is 5. The van der Waals surface area contributed by atoms with E-state index in [9.17, 15) is 0 Å². The Morgan fingerprint density at radius 1 is 1.24 bits per heavy atom. The third-order valence-corrected chi connectivity index (χ3v) is 4.77. The molecule has 0 aliphatic heterocycles. The van der Waals surface area contributed by atoms with E-state index in [4.69, 9.17) is 22.2 Å². The van der Waals surface area contributed by atoms with Crippen molar-refractivity contribution in [2.75, 3.05) is 0 Å². The molecule has 1 aromatic carbocycles. The van der Waals surface area contributed by atoms with Crippen LogP contribution in [0, 0.1) is 17.8 Å². The first-order valence-corrected chi connectivity index (χ1v) is 8.25. The van der Waals surface area contributed by atoms with E-state index in [0.717, 1.165) is 17.6 Å².